The summed E-state index contributed by atoms with van der Waals surface area (Å²) in [5.74, 6) is 5.01. The molecule has 0 spiro atoms. The van der Waals surface area contributed by atoms with Crippen LogP contribution in [0.4, 0.5) is 0 Å². The smallest absolute Gasteiger partial charge is 0.166 e. The maximum Gasteiger partial charge on any atom is 0.166 e. The lowest BCUT2D eigenvalue weighted by Gasteiger charge is -2.11. The Morgan fingerprint density at radius 1 is 1.27 bits per heavy atom. The van der Waals surface area contributed by atoms with Gasteiger partial charge in [0.25, 0.3) is 0 Å². The first-order valence-corrected chi connectivity index (χ1v) is 10.5. The van der Waals surface area contributed by atoms with Crippen molar-refractivity contribution in [2.75, 3.05) is 32.9 Å². The summed E-state index contributed by atoms with van der Waals surface area (Å²) in [4.78, 5) is 6.42. The number of furan rings is 1. The van der Waals surface area contributed by atoms with Gasteiger partial charge in [-0.3, -0.25) is 0 Å². The van der Waals surface area contributed by atoms with Crippen LogP contribution < -0.4 is 10.6 Å². The average Bonchev–Trinajstić information content (AvgIpc) is 3.23. The van der Waals surface area contributed by atoms with Crippen LogP contribution in [0, 0.1) is 0 Å². The molecule has 0 aliphatic carbocycles. The summed E-state index contributed by atoms with van der Waals surface area (Å²) in [6.45, 7) is 5.46. The number of hydrogen-bond donors (Lipinski definition) is 2. The molecule has 8 heteroatoms. The fourth-order valence-electron chi connectivity index (χ4n) is 2.52. The third kappa shape index (κ3) is 7.39. The van der Waals surface area contributed by atoms with E-state index in [1.54, 1.807) is 0 Å². The van der Waals surface area contributed by atoms with Crippen molar-refractivity contribution >= 4 is 29.1 Å². The molecule has 0 aliphatic heterocycles. The van der Waals surface area contributed by atoms with E-state index < -0.39 is 0 Å². The first kappa shape index (κ1) is 20.8. The van der Waals surface area contributed by atoms with Crippen molar-refractivity contribution in [1.29, 1.82) is 0 Å². The molecule has 26 heavy (non-hydrogen) atoms. The second-order valence-electron chi connectivity index (χ2n) is 6.23. The molecule has 0 radical (unpaired) electrons. The third-order valence-corrected chi connectivity index (χ3v) is 4.99. The number of aryl methyl sites for hydroxylation is 1. The van der Waals surface area contributed by atoms with Gasteiger partial charge in [0, 0.05) is 44.2 Å². The van der Waals surface area contributed by atoms with Crippen LogP contribution in [0.25, 0.3) is 0 Å². The Hall–Kier alpha value is -1.51. The highest BCUT2D eigenvalue weighted by atomic mass is 32.2. The molecule has 0 amide bonds. The number of thiocarbonyl (C=S) groups is 1. The highest BCUT2D eigenvalue weighted by Gasteiger charge is 2.04. The van der Waals surface area contributed by atoms with E-state index in [-0.39, 0.29) is 0 Å². The minimum absolute atomic E-state index is 0.704. The van der Waals surface area contributed by atoms with Crippen LogP contribution in [0.5, 0.6) is 0 Å². The van der Waals surface area contributed by atoms with Gasteiger partial charge in [-0.25, -0.2) is 4.98 Å². The molecule has 0 aliphatic rings. The molecule has 2 aromatic rings. The van der Waals surface area contributed by atoms with E-state index >= 15 is 0 Å². The minimum atomic E-state index is 0.704. The summed E-state index contributed by atoms with van der Waals surface area (Å²) in [6.07, 6.45) is 4.79. The maximum atomic E-state index is 5.80. The molecule has 0 fully saturated rings. The van der Waals surface area contributed by atoms with Crippen molar-refractivity contribution in [2.24, 2.45) is 0 Å². The van der Waals surface area contributed by atoms with Crippen LogP contribution in [-0.2, 0) is 25.3 Å². The maximum absolute atomic E-state index is 5.80. The number of aromatic nitrogens is 2. The molecule has 0 unspecified atom stereocenters. The largest absolute Gasteiger partial charge is 0.464 e. The molecule has 144 valence electrons. The fraction of sp³-hybridized carbons (Fsp3) is 0.556. The van der Waals surface area contributed by atoms with Gasteiger partial charge in [0.2, 0.25) is 0 Å². The number of nitrogens with one attached hydrogen (secondary N) is 2. The zero-order chi connectivity index (χ0) is 18.8. The van der Waals surface area contributed by atoms with Gasteiger partial charge in [-0.2, -0.15) is 11.8 Å². The molecule has 2 N–H and O–H groups in total. The molecule has 0 aromatic carbocycles. The number of nitrogens with zero attached hydrogens (tertiary/aromatic N) is 3. The zero-order valence-electron chi connectivity index (χ0n) is 15.8. The second-order valence-corrected chi connectivity index (χ2v) is 7.74. The van der Waals surface area contributed by atoms with Gasteiger partial charge in [0.1, 0.15) is 17.3 Å². The first-order chi connectivity index (χ1) is 12.6. The Labute approximate surface area is 165 Å². The van der Waals surface area contributed by atoms with E-state index in [0.29, 0.717) is 5.11 Å². The Bertz CT molecular complexity index is 668. The van der Waals surface area contributed by atoms with E-state index in [4.69, 9.17) is 16.6 Å². The van der Waals surface area contributed by atoms with Crippen LogP contribution in [-0.4, -0.2) is 52.5 Å². The fourth-order valence-corrected chi connectivity index (χ4v) is 3.47. The van der Waals surface area contributed by atoms with Crippen LogP contribution >= 0.6 is 24.0 Å². The molecular formula is C18H29N5OS2. The van der Waals surface area contributed by atoms with Crippen molar-refractivity contribution < 1.29 is 4.42 Å². The van der Waals surface area contributed by atoms with Gasteiger partial charge in [0.15, 0.2) is 5.11 Å². The lowest BCUT2D eigenvalue weighted by Crippen LogP contribution is -2.38. The quantitative estimate of drug-likeness (QED) is 0.448. The summed E-state index contributed by atoms with van der Waals surface area (Å²) in [5.41, 5.74) is 0. The van der Waals surface area contributed by atoms with Gasteiger partial charge in [0.05, 0.1) is 12.3 Å². The predicted molar refractivity (Wildman–Crippen MR) is 112 cm³/mol. The van der Waals surface area contributed by atoms with Crippen LogP contribution in [0.1, 0.15) is 24.3 Å². The summed E-state index contributed by atoms with van der Waals surface area (Å²) in [7, 11) is 4.08. The highest BCUT2D eigenvalue weighted by molar-refractivity contribution is 7.98. The van der Waals surface area contributed by atoms with Crippen molar-refractivity contribution in [3.8, 4) is 0 Å². The van der Waals surface area contributed by atoms with E-state index in [2.05, 4.69) is 44.1 Å². The van der Waals surface area contributed by atoms with Gasteiger partial charge in [-0.05, 0) is 38.4 Å². The minimum Gasteiger partial charge on any atom is -0.464 e. The predicted octanol–water partition coefficient (Wildman–Crippen LogP) is 2.50. The molecule has 0 bridgehead atoms. The van der Waals surface area contributed by atoms with E-state index in [1.165, 1.54) is 0 Å². The van der Waals surface area contributed by atoms with E-state index in [9.17, 15) is 0 Å². The zero-order valence-corrected chi connectivity index (χ0v) is 17.5. The molecule has 2 aromatic heterocycles. The van der Waals surface area contributed by atoms with Crippen molar-refractivity contribution in [3.63, 3.8) is 0 Å². The molecule has 2 heterocycles. The number of hydrogen-bond acceptors (Lipinski definition) is 5. The highest BCUT2D eigenvalue weighted by Crippen LogP contribution is 2.15. The standard InChI is InChI=1S/C18H29N5OS2/c1-4-17-19-7-10-23(17)11-8-20-18(25)21-9-12-26-14-16-6-5-15(24-16)13-22(2)3/h5-7,10H,4,8-9,11-14H2,1-3H3,(H2,20,21,25). The molecular weight excluding hydrogens is 366 g/mol. The topological polar surface area (TPSA) is 58.3 Å². The summed E-state index contributed by atoms with van der Waals surface area (Å²) < 4.78 is 7.95. The van der Waals surface area contributed by atoms with Gasteiger partial charge in [-0.1, -0.05) is 6.92 Å². The monoisotopic (exact) mass is 395 g/mol. The lowest BCUT2D eigenvalue weighted by molar-refractivity contribution is 0.344. The Morgan fingerprint density at radius 3 is 2.81 bits per heavy atom. The molecule has 2 rings (SSSR count). The molecule has 0 saturated heterocycles. The molecule has 0 atom stereocenters. The average molecular weight is 396 g/mol. The second kappa shape index (κ2) is 11.3. The Balaban J connectivity index is 1.52. The summed E-state index contributed by atoms with van der Waals surface area (Å²) in [6, 6.07) is 4.11. The van der Waals surface area contributed by atoms with Gasteiger partial charge >= 0.3 is 0 Å². The number of imidazole rings is 1. The van der Waals surface area contributed by atoms with Crippen LogP contribution in [0.15, 0.2) is 28.9 Å². The number of thioether (sulfide) groups is 1. The normalized spacial score (nSPS) is 11.1. The molecule has 6 nitrogen and oxygen atoms in total. The lowest BCUT2D eigenvalue weighted by atomic mass is 10.4. The Morgan fingerprint density at radius 2 is 2.04 bits per heavy atom. The summed E-state index contributed by atoms with van der Waals surface area (Å²) >= 11 is 7.15. The molecule has 0 saturated carbocycles. The van der Waals surface area contributed by atoms with Crippen LogP contribution in [0.2, 0.25) is 0 Å². The number of rotatable bonds is 11. The van der Waals surface area contributed by atoms with Crippen molar-refractivity contribution in [1.82, 2.24) is 25.1 Å². The SMILES string of the molecule is CCc1nccn1CCNC(=S)NCCSCc1ccc(CN(C)C)o1. The summed E-state index contributed by atoms with van der Waals surface area (Å²) in [5, 5.41) is 7.19. The van der Waals surface area contributed by atoms with Gasteiger partial charge in [-0.15, -0.1) is 0 Å². The van der Waals surface area contributed by atoms with Crippen LogP contribution in [0.3, 0.4) is 0 Å². The Kier molecular flexibility index (Phi) is 9.00. The van der Waals surface area contributed by atoms with Gasteiger partial charge < -0.3 is 24.5 Å². The van der Waals surface area contributed by atoms with Crippen molar-refractivity contribution in [2.45, 2.75) is 32.2 Å². The first-order valence-electron chi connectivity index (χ1n) is 8.90. The van der Waals surface area contributed by atoms with Crippen molar-refractivity contribution in [3.05, 3.63) is 41.9 Å². The van der Waals surface area contributed by atoms with E-state index in [1.807, 2.05) is 38.3 Å². The third-order valence-electron chi connectivity index (χ3n) is 3.72. The van der Waals surface area contributed by atoms with E-state index in [0.717, 1.165) is 61.5 Å².